The SMILES string of the molecule is CCNC(=NCc1cccc(-n2cccn2)c1)NC(C)c1ccc(F)cc1F.I. The van der Waals surface area contributed by atoms with Crippen molar-refractivity contribution in [1.82, 2.24) is 20.4 Å². The maximum Gasteiger partial charge on any atom is 0.192 e. The van der Waals surface area contributed by atoms with E-state index in [4.69, 9.17) is 0 Å². The second-order valence-corrected chi connectivity index (χ2v) is 6.35. The standard InChI is InChI=1S/C21H23F2N5.HI/c1-3-24-21(27-15(2)19-9-8-17(22)13-20(19)23)25-14-16-6-4-7-18(12-16)28-11-5-10-26-28;/h4-13,15H,3,14H2,1-2H3,(H2,24,25,27);1H. The molecule has 0 spiro atoms. The van der Waals surface area contributed by atoms with Crippen LogP contribution >= 0.6 is 24.0 Å². The minimum Gasteiger partial charge on any atom is -0.357 e. The van der Waals surface area contributed by atoms with Gasteiger partial charge in [0.1, 0.15) is 11.6 Å². The van der Waals surface area contributed by atoms with Crippen molar-refractivity contribution in [3.8, 4) is 5.69 Å². The van der Waals surface area contributed by atoms with Gasteiger partial charge in [-0.25, -0.2) is 18.5 Å². The number of aliphatic imine (C=N–C) groups is 1. The molecule has 29 heavy (non-hydrogen) atoms. The quantitative estimate of drug-likeness (QED) is 0.290. The Kier molecular flexibility index (Phi) is 8.56. The van der Waals surface area contributed by atoms with E-state index in [9.17, 15) is 8.78 Å². The van der Waals surface area contributed by atoms with Gasteiger partial charge in [-0.2, -0.15) is 5.10 Å². The van der Waals surface area contributed by atoms with Crippen molar-refractivity contribution < 1.29 is 8.78 Å². The van der Waals surface area contributed by atoms with Crippen molar-refractivity contribution in [2.75, 3.05) is 6.54 Å². The van der Waals surface area contributed by atoms with E-state index in [1.165, 1.54) is 12.1 Å². The molecule has 8 heteroatoms. The Morgan fingerprint density at radius 1 is 1.17 bits per heavy atom. The molecule has 1 aromatic heterocycles. The molecule has 154 valence electrons. The second kappa shape index (κ2) is 10.9. The first-order valence-electron chi connectivity index (χ1n) is 9.15. The highest BCUT2D eigenvalue weighted by atomic mass is 127. The Labute approximate surface area is 186 Å². The predicted molar refractivity (Wildman–Crippen MR) is 122 cm³/mol. The molecule has 2 aromatic carbocycles. The lowest BCUT2D eigenvalue weighted by Crippen LogP contribution is -2.39. The van der Waals surface area contributed by atoms with Gasteiger partial charge in [0.15, 0.2) is 5.96 Å². The van der Waals surface area contributed by atoms with Gasteiger partial charge in [-0.3, -0.25) is 0 Å². The molecule has 1 atom stereocenters. The van der Waals surface area contributed by atoms with Crippen LogP contribution in [-0.4, -0.2) is 22.3 Å². The third-order valence-corrected chi connectivity index (χ3v) is 4.23. The first-order chi connectivity index (χ1) is 13.6. The van der Waals surface area contributed by atoms with E-state index in [0.29, 0.717) is 24.6 Å². The number of hydrogen-bond acceptors (Lipinski definition) is 2. The van der Waals surface area contributed by atoms with E-state index < -0.39 is 11.6 Å². The molecule has 0 saturated carbocycles. The molecular weight excluding hydrogens is 487 g/mol. The fourth-order valence-electron chi connectivity index (χ4n) is 2.84. The average Bonchev–Trinajstić information content (AvgIpc) is 3.21. The van der Waals surface area contributed by atoms with Crippen molar-refractivity contribution in [2.45, 2.75) is 26.4 Å². The van der Waals surface area contributed by atoms with Gasteiger partial charge in [-0.15, -0.1) is 24.0 Å². The molecule has 3 rings (SSSR count). The number of hydrogen-bond donors (Lipinski definition) is 2. The normalized spacial score (nSPS) is 12.2. The van der Waals surface area contributed by atoms with Crippen LogP contribution in [0.4, 0.5) is 8.78 Å². The Hall–Kier alpha value is -2.49. The zero-order valence-electron chi connectivity index (χ0n) is 16.3. The molecule has 0 aliphatic carbocycles. The van der Waals surface area contributed by atoms with Crippen molar-refractivity contribution in [2.24, 2.45) is 4.99 Å². The minimum atomic E-state index is -0.592. The molecule has 2 N–H and O–H groups in total. The van der Waals surface area contributed by atoms with E-state index in [1.54, 1.807) is 10.9 Å². The van der Waals surface area contributed by atoms with Gasteiger partial charge in [0.2, 0.25) is 0 Å². The van der Waals surface area contributed by atoms with Crippen LogP contribution in [0.1, 0.15) is 31.0 Å². The summed E-state index contributed by atoms with van der Waals surface area (Å²) in [5, 5.41) is 10.6. The lowest BCUT2D eigenvalue weighted by atomic mass is 10.1. The van der Waals surface area contributed by atoms with E-state index >= 15 is 0 Å². The Morgan fingerprint density at radius 2 is 2.00 bits per heavy atom. The Morgan fingerprint density at radius 3 is 2.69 bits per heavy atom. The molecule has 5 nitrogen and oxygen atoms in total. The summed E-state index contributed by atoms with van der Waals surface area (Å²) in [6, 6.07) is 13.0. The fraction of sp³-hybridized carbons (Fsp3) is 0.238. The number of rotatable bonds is 6. The van der Waals surface area contributed by atoms with Gasteiger partial charge >= 0.3 is 0 Å². The summed E-state index contributed by atoms with van der Waals surface area (Å²) in [6.45, 7) is 4.88. The Balaban J connectivity index is 0.00000300. The van der Waals surface area contributed by atoms with Gasteiger partial charge in [-0.1, -0.05) is 18.2 Å². The highest BCUT2D eigenvalue weighted by Gasteiger charge is 2.13. The zero-order valence-corrected chi connectivity index (χ0v) is 18.6. The molecule has 0 saturated heterocycles. The lowest BCUT2D eigenvalue weighted by molar-refractivity contribution is 0.551. The number of aromatic nitrogens is 2. The van der Waals surface area contributed by atoms with E-state index in [0.717, 1.165) is 17.3 Å². The number of halogens is 3. The maximum absolute atomic E-state index is 14.0. The van der Waals surface area contributed by atoms with E-state index in [-0.39, 0.29) is 30.0 Å². The molecule has 0 aliphatic rings. The third-order valence-electron chi connectivity index (χ3n) is 4.23. The van der Waals surface area contributed by atoms with E-state index in [2.05, 4.69) is 20.7 Å². The lowest BCUT2D eigenvalue weighted by Gasteiger charge is -2.19. The largest absolute Gasteiger partial charge is 0.357 e. The van der Waals surface area contributed by atoms with E-state index in [1.807, 2.05) is 50.4 Å². The molecule has 0 amide bonds. The summed E-state index contributed by atoms with van der Waals surface area (Å²) in [7, 11) is 0. The smallest absolute Gasteiger partial charge is 0.192 e. The number of nitrogens with zero attached hydrogens (tertiary/aromatic N) is 3. The molecule has 0 aliphatic heterocycles. The molecular formula is C21H24F2IN5. The molecule has 0 radical (unpaired) electrons. The van der Waals surface area contributed by atoms with Gasteiger partial charge in [0.05, 0.1) is 18.3 Å². The van der Waals surface area contributed by atoms with Gasteiger partial charge in [0.25, 0.3) is 0 Å². The van der Waals surface area contributed by atoms with Gasteiger partial charge < -0.3 is 10.6 Å². The maximum atomic E-state index is 14.0. The van der Waals surface area contributed by atoms with Crippen LogP contribution in [0.25, 0.3) is 5.69 Å². The van der Waals surface area contributed by atoms with Crippen LogP contribution in [0.3, 0.4) is 0 Å². The second-order valence-electron chi connectivity index (χ2n) is 6.35. The third kappa shape index (κ3) is 6.25. The predicted octanol–water partition coefficient (Wildman–Crippen LogP) is 4.58. The van der Waals surface area contributed by atoms with Crippen molar-refractivity contribution in [3.05, 3.63) is 83.7 Å². The average molecular weight is 511 g/mol. The van der Waals surface area contributed by atoms with Crippen LogP contribution in [0.2, 0.25) is 0 Å². The molecule has 1 heterocycles. The Bertz CT molecular complexity index is 944. The highest BCUT2D eigenvalue weighted by Crippen LogP contribution is 2.17. The monoisotopic (exact) mass is 511 g/mol. The van der Waals surface area contributed by atoms with Gasteiger partial charge in [-0.05, 0) is 43.7 Å². The molecule has 3 aromatic rings. The highest BCUT2D eigenvalue weighted by molar-refractivity contribution is 14.0. The summed E-state index contributed by atoms with van der Waals surface area (Å²) in [4.78, 5) is 4.59. The van der Waals surface area contributed by atoms with Crippen molar-refractivity contribution >= 4 is 29.9 Å². The molecule has 0 fully saturated rings. The minimum absolute atomic E-state index is 0. The van der Waals surface area contributed by atoms with Crippen molar-refractivity contribution in [3.63, 3.8) is 0 Å². The van der Waals surface area contributed by atoms with Crippen LogP contribution < -0.4 is 10.6 Å². The summed E-state index contributed by atoms with van der Waals surface area (Å²) >= 11 is 0. The summed E-state index contributed by atoms with van der Waals surface area (Å²) < 4.78 is 28.9. The molecule has 1 unspecified atom stereocenters. The van der Waals surface area contributed by atoms with Gasteiger partial charge in [0, 0.05) is 30.6 Å². The van der Waals surface area contributed by atoms with Crippen LogP contribution in [-0.2, 0) is 6.54 Å². The molecule has 0 bridgehead atoms. The number of nitrogens with one attached hydrogen (secondary N) is 2. The summed E-state index contributed by atoms with van der Waals surface area (Å²) in [6.07, 6.45) is 3.61. The van der Waals surface area contributed by atoms with Crippen LogP contribution in [0.5, 0.6) is 0 Å². The first-order valence-corrected chi connectivity index (χ1v) is 9.15. The number of benzene rings is 2. The summed E-state index contributed by atoms with van der Waals surface area (Å²) in [5.74, 6) is -0.614. The number of guanidine groups is 1. The zero-order chi connectivity index (χ0) is 19.9. The summed E-state index contributed by atoms with van der Waals surface area (Å²) in [5.41, 5.74) is 2.36. The van der Waals surface area contributed by atoms with Crippen molar-refractivity contribution in [1.29, 1.82) is 0 Å². The van der Waals surface area contributed by atoms with Crippen LogP contribution in [0, 0.1) is 11.6 Å². The van der Waals surface area contributed by atoms with Crippen LogP contribution in [0.15, 0.2) is 65.9 Å². The first kappa shape index (κ1) is 22.8. The topological polar surface area (TPSA) is 54.2 Å². The fourth-order valence-corrected chi connectivity index (χ4v) is 2.84.